The molecule has 2 aliphatic rings. The fourth-order valence-corrected chi connectivity index (χ4v) is 4.05. The zero-order chi connectivity index (χ0) is 14.4. The molecule has 116 valence electrons. The number of hydrogen-bond acceptors (Lipinski definition) is 3. The van der Waals surface area contributed by atoms with Crippen molar-refractivity contribution in [3.8, 4) is 0 Å². The number of hydrogen-bond donors (Lipinski definition) is 0. The molecule has 0 radical (unpaired) electrons. The number of carbonyl (C=O) groups excluding carboxylic acids is 1. The van der Waals surface area contributed by atoms with E-state index in [1.54, 1.807) is 7.11 Å². The van der Waals surface area contributed by atoms with E-state index in [9.17, 15) is 4.79 Å². The van der Waals surface area contributed by atoms with E-state index in [-0.39, 0.29) is 0 Å². The first kappa shape index (κ1) is 16.0. The topological polar surface area (TPSA) is 29.5 Å². The number of Topliss-reactive ketones (excluding diaryl/α,β-unsaturated/α-hetero) is 1. The molecule has 1 saturated heterocycles. The van der Waals surface area contributed by atoms with Gasteiger partial charge in [-0.2, -0.15) is 0 Å². The van der Waals surface area contributed by atoms with Gasteiger partial charge in [0.1, 0.15) is 5.78 Å². The smallest absolute Gasteiger partial charge is 0.137 e. The average molecular weight is 281 g/mol. The number of nitrogens with zero attached hydrogens (tertiary/aromatic N) is 1. The molecule has 2 rings (SSSR count). The van der Waals surface area contributed by atoms with Gasteiger partial charge >= 0.3 is 0 Å². The van der Waals surface area contributed by atoms with Crippen LogP contribution in [0.3, 0.4) is 0 Å². The lowest BCUT2D eigenvalue weighted by Crippen LogP contribution is -2.42. The summed E-state index contributed by atoms with van der Waals surface area (Å²) in [6.45, 7) is 6.41. The quantitative estimate of drug-likeness (QED) is 0.749. The number of ether oxygens (including phenoxy) is 1. The van der Waals surface area contributed by atoms with Crippen molar-refractivity contribution in [3.05, 3.63) is 0 Å². The summed E-state index contributed by atoms with van der Waals surface area (Å²) in [5, 5.41) is 0. The Morgan fingerprint density at radius 2 is 2.15 bits per heavy atom. The van der Waals surface area contributed by atoms with Crippen LogP contribution in [-0.2, 0) is 9.53 Å². The van der Waals surface area contributed by atoms with E-state index in [2.05, 4.69) is 11.8 Å². The van der Waals surface area contributed by atoms with Gasteiger partial charge in [0, 0.05) is 32.5 Å². The first-order valence-electron chi connectivity index (χ1n) is 8.47. The molecule has 1 heterocycles. The number of methoxy groups -OCH3 is 1. The summed E-state index contributed by atoms with van der Waals surface area (Å²) in [5.74, 6) is 2.29. The lowest BCUT2D eigenvalue weighted by Gasteiger charge is -2.36. The number of piperidine rings is 1. The highest BCUT2D eigenvalue weighted by Gasteiger charge is 2.31. The minimum Gasteiger partial charge on any atom is -0.384 e. The Balaban J connectivity index is 1.82. The highest BCUT2D eigenvalue weighted by Crippen LogP contribution is 2.31. The van der Waals surface area contributed by atoms with Gasteiger partial charge in [0.15, 0.2) is 0 Å². The third-order valence-electron chi connectivity index (χ3n) is 5.05. The molecule has 20 heavy (non-hydrogen) atoms. The first-order chi connectivity index (χ1) is 9.72. The van der Waals surface area contributed by atoms with Crippen LogP contribution in [-0.4, -0.2) is 44.0 Å². The monoisotopic (exact) mass is 281 g/mol. The van der Waals surface area contributed by atoms with E-state index in [1.807, 2.05) is 0 Å². The van der Waals surface area contributed by atoms with Crippen molar-refractivity contribution in [2.45, 2.75) is 51.9 Å². The third kappa shape index (κ3) is 4.56. The van der Waals surface area contributed by atoms with Crippen molar-refractivity contribution in [1.29, 1.82) is 0 Å². The minimum atomic E-state index is 0.307. The Bertz CT molecular complexity index is 303. The van der Waals surface area contributed by atoms with Crippen LogP contribution < -0.4 is 0 Å². The number of carbonyl (C=O) groups is 1. The highest BCUT2D eigenvalue weighted by molar-refractivity contribution is 5.81. The highest BCUT2D eigenvalue weighted by atomic mass is 16.5. The SMILES string of the molecule is CCCC1CCC(=O)C(CN2CCCC(COC)C2)C1. The molecule has 0 N–H and O–H groups in total. The molecule has 3 atom stereocenters. The Hall–Kier alpha value is -0.410. The van der Waals surface area contributed by atoms with E-state index in [0.717, 1.165) is 44.9 Å². The standard InChI is InChI=1S/C17H31NO2/c1-3-5-14-7-8-17(19)16(10-14)12-18-9-4-6-15(11-18)13-20-2/h14-16H,3-13H2,1-2H3. The fourth-order valence-electron chi connectivity index (χ4n) is 4.05. The van der Waals surface area contributed by atoms with Gasteiger partial charge in [-0.25, -0.2) is 0 Å². The van der Waals surface area contributed by atoms with Crippen molar-refractivity contribution in [2.24, 2.45) is 17.8 Å². The largest absolute Gasteiger partial charge is 0.384 e. The van der Waals surface area contributed by atoms with Gasteiger partial charge in [-0.05, 0) is 44.1 Å². The van der Waals surface area contributed by atoms with Gasteiger partial charge in [-0.15, -0.1) is 0 Å². The van der Waals surface area contributed by atoms with Crippen LogP contribution in [0.15, 0.2) is 0 Å². The molecular weight excluding hydrogens is 250 g/mol. The molecule has 1 aliphatic heterocycles. The molecule has 0 bridgehead atoms. The van der Waals surface area contributed by atoms with Crippen LogP contribution in [0, 0.1) is 17.8 Å². The van der Waals surface area contributed by atoms with Gasteiger partial charge in [0.2, 0.25) is 0 Å². The van der Waals surface area contributed by atoms with Crippen molar-refractivity contribution in [3.63, 3.8) is 0 Å². The predicted octanol–water partition coefficient (Wildman–Crippen LogP) is 3.13. The van der Waals surface area contributed by atoms with Crippen LogP contribution in [0.1, 0.15) is 51.9 Å². The maximum atomic E-state index is 12.2. The van der Waals surface area contributed by atoms with Gasteiger partial charge in [0.25, 0.3) is 0 Å². The van der Waals surface area contributed by atoms with Crippen LogP contribution in [0.25, 0.3) is 0 Å². The van der Waals surface area contributed by atoms with Gasteiger partial charge in [-0.1, -0.05) is 19.8 Å². The normalized spacial score (nSPS) is 32.5. The van der Waals surface area contributed by atoms with E-state index in [0.29, 0.717) is 17.6 Å². The summed E-state index contributed by atoms with van der Waals surface area (Å²) in [4.78, 5) is 14.7. The van der Waals surface area contributed by atoms with E-state index < -0.39 is 0 Å². The zero-order valence-electron chi connectivity index (χ0n) is 13.3. The second kappa shape index (κ2) is 8.14. The molecule has 1 saturated carbocycles. The van der Waals surface area contributed by atoms with Gasteiger partial charge in [-0.3, -0.25) is 4.79 Å². The summed E-state index contributed by atoms with van der Waals surface area (Å²) in [6.07, 6.45) is 8.19. The van der Waals surface area contributed by atoms with Crippen molar-refractivity contribution < 1.29 is 9.53 Å². The fraction of sp³-hybridized carbons (Fsp3) is 0.941. The Morgan fingerprint density at radius 1 is 1.30 bits per heavy atom. The molecule has 0 spiro atoms. The number of ketones is 1. The van der Waals surface area contributed by atoms with Crippen LogP contribution in [0.2, 0.25) is 0 Å². The number of rotatable bonds is 6. The average Bonchev–Trinajstić information content (AvgIpc) is 2.44. The maximum Gasteiger partial charge on any atom is 0.137 e. The second-order valence-electron chi connectivity index (χ2n) is 6.82. The van der Waals surface area contributed by atoms with Crippen molar-refractivity contribution in [2.75, 3.05) is 33.4 Å². The van der Waals surface area contributed by atoms with E-state index in [4.69, 9.17) is 4.74 Å². The summed E-state index contributed by atoms with van der Waals surface area (Å²) in [7, 11) is 1.79. The lowest BCUT2D eigenvalue weighted by molar-refractivity contribution is -0.126. The van der Waals surface area contributed by atoms with E-state index in [1.165, 1.54) is 32.2 Å². The van der Waals surface area contributed by atoms with E-state index >= 15 is 0 Å². The summed E-state index contributed by atoms with van der Waals surface area (Å²) in [5.41, 5.74) is 0. The van der Waals surface area contributed by atoms with Crippen molar-refractivity contribution >= 4 is 5.78 Å². The zero-order valence-corrected chi connectivity index (χ0v) is 13.3. The molecule has 1 aliphatic carbocycles. The number of likely N-dealkylation sites (tertiary alicyclic amines) is 1. The van der Waals surface area contributed by atoms with Crippen LogP contribution >= 0.6 is 0 Å². The Kier molecular flexibility index (Phi) is 6.50. The molecule has 2 fully saturated rings. The summed E-state index contributed by atoms with van der Waals surface area (Å²) in [6, 6.07) is 0. The van der Waals surface area contributed by atoms with Crippen LogP contribution in [0.4, 0.5) is 0 Å². The first-order valence-corrected chi connectivity index (χ1v) is 8.47. The predicted molar refractivity (Wildman–Crippen MR) is 81.8 cm³/mol. The molecular formula is C17H31NO2. The lowest BCUT2D eigenvalue weighted by atomic mass is 9.78. The molecule has 0 amide bonds. The maximum absolute atomic E-state index is 12.2. The Labute approximate surface area is 124 Å². The summed E-state index contributed by atoms with van der Waals surface area (Å²) < 4.78 is 5.30. The third-order valence-corrected chi connectivity index (χ3v) is 5.05. The molecule has 0 aromatic heterocycles. The van der Waals surface area contributed by atoms with Crippen LogP contribution in [0.5, 0.6) is 0 Å². The van der Waals surface area contributed by atoms with Crippen molar-refractivity contribution in [1.82, 2.24) is 4.90 Å². The molecule has 0 aromatic rings. The Morgan fingerprint density at radius 3 is 2.90 bits per heavy atom. The second-order valence-corrected chi connectivity index (χ2v) is 6.82. The molecule has 3 unspecified atom stereocenters. The summed E-state index contributed by atoms with van der Waals surface area (Å²) >= 11 is 0. The van der Waals surface area contributed by atoms with Gasteiger partial charge in [0.05, 0.1) is 6.61 Å². The molecule has 3 nitrogen and oxygen atoms in total. The molecule has 0 aromatic carbocycles. The van der Waals surface area contributed by atoms with Gasteiger partial charge < -0.3 is 9.64 Å². The minimum absolute atomic E-state index is 0.307. The molecule has 3 heteroatoms.